The normalized spacial score (nSPS) is 10.0. The average Bonchev–Trinajstić information content (AvgIpc) is 2.19. The number of nitrogens with zero attached hydrogens (tertiary/aromatic N) is 1. The molecule has 0 spiro atoms. The zero-order valence-electron chi connectivity index (χ0n) is 4.13. The van der Waals surface area contributed by atoms with Crippen LogP contribution in [0.5, 0.6) is 0 Å². The van der Waals surface area contributed by atoms with E-state index in [0.29, 0.717) is 12.1 Å². The van der Waals surface area contributed by atoms with E-state index in [1.54, 1.807) is 0 Å². The van der Waals surface area contributed by atoms with Crippen molar-refractivity contribution in [2.24, 2.45) is 0 Å². The van der Waals surface area contributed by atoms with Crippen LogP contribution in [-0.2, 0) is 10.7 Å². The fraction of sp³-hybridized carbons (Fsp3) is 0.250. The highest BCUT2D eigenvalue weighted by Gasteiger charge is 1.99. The summed E-state index contributed by atoms with van der Waals surface area (Å²) in [6.07, 6.45) is 3.43. The smallest absolute Gasteiger partial charge is 0.334 e. The summed E-state index contributed by atoms with van der Waals surface area (Å²) < 4.78 is 14.7. The predicted molar refractivity (Wildman–Crippen MR) is 29.2 cm³/mol. The minimum absolute atomic E-state index is 0.354. The van der Waals surface area contributed by atoms with Gasteiger partial charge in [0.1, 0.15) is 6.26 Å². The molecular formula is C4H5NO2P+. The molecule has 1 rings (SSSR count). The summed E-state index contributed by atoms with van der Waals surface area (Å²) in [5, 5.41) is 0. The summed E-state index contributed by atoms with van der Waals surface area (Å²) in [6.45, 7) is 0. The highest BCUT2D eigenvalue weighted by Crippen LogP contribution is 2.04. The average molecular weight is 130 g/mol. The summed E-state index contributed by atoms with van der Waals surface area (Å²) in [5.74, 6) is 0.540. The van der Waals surface area contributed by atoms with Gasteiger partial charge in [-0.15, -0.1) is 0 Å². The molecule has 8 heavy (non-hydrogen) atoms. The molecule has 0 aliphatic rings. The van der Waals surface area contributed by atoms with Crippen molar-refractivity contribution in [1.29, 1.82) is 0 Å². The second-order valence-electron chi connectivity index (χ2n) is 1.25. The van der Waals surface area contributed by atoms with Crippen LogP contribution in [0.3, 0.4) is 0 Å². The summed E-state index contributed by atoms with van der Waals surface area (Å²) >= 11 is 0. The Kier molecular flexibility index (Phi) is 1.75. The zero-order valence-corrected chi connectivity index (χ0v) is 5.13. The van der Waals surface area contributed by atoms with E-state index in [1.807, 2.05) is 0 Å². The molecule has 0 aromatic carbocycles. The van der Waals surface area contributed by atoms with Crippen LogP contribution >= 0.6 is 8.46 Å². The second-order valence-corrected chi connectivity index (χ2v) is 1.89. The fourth-order valence-corrected chi connectivity index (χ4v) is 0.700. The zero-order chi connectivity index (χ0) is 5.82. The van der Waals surface area contributed by atoms with E-state index in [-0.39, 0.29) is 8.46 Å². The summed E-state index contributed by atoms with van der Waals surface area (Å²) in [5.41, 5.74) is 0. The first kappa shape index (κ1) is 5.45. The first-order chi connectivity index (χ1) is 3.93. The fourth-order valence-electron chi connectivity index (χ4n) is 0.402. The predicted octanol–water partition coefficient (Wildman–Crippen LogP) is 1.20. The van der Waals surface area contributed by atoms with Gasteiger partial charge in [0.05, 0.1) is 6.20 Å². The largest absolute Gasteiger partial charge is 0.445 e. The van der Waals surface area contributed by atoms with E-state index < -0.39 is 0 Å². The van der Waals surface area contributed by atoms with E-state index in [0.717, 1.165) is 0 Å². The van der Waals surface area contributed by atoms with Gasteiger partial charge in [0.2, 0.25) is 12.1 Å². The molecule has 0 bridgehead atoms. The lowest BCUT2D eigenvalue weighted by Gasteiger charge is -1.71. The van der Waals surface area contributed by atoms with Crippen LogP contribution < -0.4 is 0 Å². The second kappa shape index (κ2) is 2.58. The standard InChI is InChI=1S/C4H4NO2P/c6-8-3-4-5-1-2-7-4/h1-2H,3H2/p+1. The Morgan fingerprint density at radius 3 is 3.25 bits per heavy atom. The molecule has 0 saturated carbocycles. The molecule has 1 unspecified atom stereocenters. The van der Waals surface area contributed by atoms with Gasteiger partial charge in [-0.3, -0.25) is 0 Å². The Balaban J connectivity index is 2.62. The van der Waals surface area contributed by atoms with Crippen molar-refractivity contribution < 1.29 is 8.98 Å². The molecule has 0 fully saturated rings. The van der Waals surface area contributed by atoms with Gasteiger partial charge in [0, 0.05) is 0 Å². The summed E-state index contributed by atoms with van der Waals surface area (Å²) in [4.78, 5) is 3.75. The molecule has 1 heterocycles. The first-order valence-electron chi connectivity index (χ1n) is 2.17. The first-order valence-corrected chi connectivity index (χ1v) is 3.28. The monoisotopic (exact) mass is 130 g/mol. The number of hydrogen-bond donors (Lipinski definition) is 0. The molecule has 0 N–H and O–H groups in total. The van der Waals surface area contributed by atoms with Crippen molar-refractivity contribution in [2.45, 2.75) is 6.16 Å². The molecule has 3 nitrogen and oxygen atoms in total. The van der Waals surface area contributed by atoms with Gasteiger partial charge < -0.3 is 4.42 Å². The van der Waals surface area contributed by atoms with Gasteiger partial charge in [-0.05, 0) is 0 Å². The SMILES string of the molecule is O=[PH+]Cc1ncco1. The third-order valence-electron chi connectivity index (χ3n) is 0.707. The third-order valence-corrected chi connectivity index (χ3v) is 1.15. The number of oxazole rings is 1. The number of hydrogen-bond acceptors (Lipinski definition) is 3. The minimum atomic E-state index is -0.354. The highest BCUT2D eigenvalue weighted by molar-refractivity contribution is 7.22. The Bertz CT molecular complexity index is 161. The lowest BCUT2D eigenvalue weighted by Crippen LogP contribution is -1.70. The molecule has 0 aliphatic heterocycles. The van der Waals surface area contributed by atoms with E-state index in [9.17, 15) is 4.57 Å². The molecule has 1 atom stereocenters. The van der Waals surface area contributed by atoms with Crippen LogP contribution in [0.25, 0.3) is 0 Å². The van der Waals surface area contributed by atoms with Crippen LogP contribution in [0.1, 0.15) is 5.89 Å². The summed E-state index contributed by atoms with van der Waals surface area (Å²) in [7, 11) is -0.354. The van der Waals surface area contributed by atoms with Crippen LogP contribution in [0.4, 0.5) is 0 Å². The summed E-state index contributed by atoms with van der Waals surface area (Å²) in [6, 6.07) is 0. The quantitative estimate of drug-likeness (QED) is 0.565. The lowest BCUT2D eigenvalue weighted by molar-refractivity contribution is 0.512. The Morgan fingerprint density at radius 2 is 2.75 bits per heavy atom. The van der Waals surface area contributed by atoms with Gasteiger partial charge in [-0.2, -0.15) is 0 Å². The van der Waals surface area contributed by atoms with E-state index in [2.05, 4.69) is 4.98 Å². The van der Waals surface area contributed by atoms with Crippen molar-refractivity contribution >= 4 is 8.46 Å². The Morgan fingerprint density at radius 1 is 1.88 bits per heavy atom. The minimum Gasteiger partial charge on any atom is -0.445 e. The van der Waals surface area contributed by atoms with Crippen molar-refractivity contribution in [3.05, 3.63) is 18.4 Å². The van der Waals surface area contributed by atoms with Gasteiger partial charge >= 0.3 is 8.46 Å². The van der Waals surface area contributed by atoms with Crippen molar-refractivity contribution in [3.63, 3.8) is 0 Å². The molecule has 1 aromatic heterocycles. The molecule has 1 aromatic rings. The maximum Gasteiger partial charge on any atom is 0.334 e. The Labute approximate surface area is 47.9 Å². The van der Waals surface area contributed by atoms with E-state index >= 15 is 0 Å². The number of aromatic nitrogens is 1. The van der Waals surface area contributed by atoms with Crippen LogP contribution in [-0.4, -0.2) is 4.98 Å². The van der Waals surface area contributed by atoms with Crippen LogP contribution in [0.2, 0.25) is 0 Å². The highest BCUT2D eigenvalue weighted by atomic mass is 31.1. The van der Waals surface area contributed by atoms with Crippen LogP contribution in [0, 0.1) is 0 Å². The number of rotatable bonds is 2. The molecule has 0 aliphatic carbocycles. The molecule has 42 valence electrons. The molecule has 0 radical (unpaired) electrons. The lowest BCUT2D eigenvalue weighted by atomic mass is 10.8. The van der Waals surface area contributed by atoms with Gasteiger partial charge in [0.15, 0.2) is 0 Å². The Hall–Kier alpha value is -0.690. The molecule has 0 amide bonds. The van der Waals surface area contributed by atoms with Crippen molar-refractivity contribution in [3.8, 4) is 0 Å². The van der Waals surface area contributed by atoms with Crippen LogP contribution in [0.15, 0.2) is 16.9 Å². The maximum absolute atomic E-state index is 9.93. The van der Waals surface area contributed by atoms with Crippen molar-refractivity contribution in [1.82, 2.24) is 4.98 Å². The van der Waals surface area contributed by atoms with Gasteiger partial charge in [0.25, 0.3) is 0 Å². The third kappa shape index (κ3) is 1.14. The maximum atomic E-state index is 9.93. The van der Waals surface area contributed by atoms with Crippen molar-refractivity contribution in [2.75, 3.05) is 0 Å². The molecular weight excluding hydrogens is 125 g/mol. The van der Waals surface area contributed by atoms with Gasteiger partial charge in [-0.1, -0.05) is 4.57 Å². The molecule has 0 saturated heterocycles. The molecule has 4 heteroatoms. The van der Waals surface area contributed by atoms with Gasteiger partial charge in [-0.25, -0.2) is 4.98 Å². The topological polar surface area (TPSA) is 43.1 Å². The van der Waals surface area contributed by atoms with E-state index in [1.165, 1.54) is 12.5 Å². The van der Waals surface area contributed by atoms with E-state index in [4.69, 9.17) is 4.42 Å².